The van der Waals surface area contributed by atoms with Gasteiger partial charge in [0, 0.05) is 29.9 Å². The van der Waals surface area contributed by atoms with Gasteiger partial charge in [-0.25, -0.2) is 4.39 Å². The summed E-state index contributed by atoms with van der Waals surface area (Å²) < 4.78 is 13.1. The van der Waals surface area contributed by atoms with Crippen LogP contribution in [0, 0.1) is 5.82 Å². The van der Waals surface area contributed by atoms with E-state index < -0.39 is 0 Å². The molecule has 1 heterocycles. The van der Waals surface area contributed by atoms with Gasteiger partial charge in [-0.15, -0.1) is 0 Å². The molecular formula is C23H22FNO. The third-order valence-corrected chi connectivity index (χ3v) is 5.27. The molecule has 1 fully saturated rings. The fourth-order valence-corrected chi connectivity index (χ4v) is 3.92. The first-order valence-corrected chi connectivity index (χ1v) is 9.27. The van der Waals surface area contributed by atoms with E-state index in [1.165, 1.54) is 53.9 Å². The van der Waals surface area contributed by atoms with Crippen LogP contribution in [-0.2, 0) is 6.42 Å². The molecule has 0 saturated carbocycles. The summed E-state index contributed by atoms with van der Waals surface area (Å²) in [6.45, 7) is 2.20. The van der Waals surface area contributed by atoms with Crippen LogP contribution in [-0.4, -0.2) is 23.8 Å². The number of allylic oxidation sites excluding steroid dienone is 4. The highest BCUT2D eigenvalue weighted by atomic mass is 19.1. The fourth-order valence-electron chi connectivity index (χ4n) is 3.92. The maximum absolute atomic E-state index is 13.1. The van der Waals surface area contributed by atoms with Gasteiger partial charge in [0.25, 0.3) is 0 Å². The second-order valence-electron chi connectivity index (χ2n) is 6.92. The predicted octanol–water partition coefficient (Wildman–Crippen LogP) is 5.02. The zero-order valence-corrected chi connectivity index (χ0v) is 14.7. The minimum absolute atomic E-state index is 0.0960. The maximum atomic E-state index is 13.1. The molecule has 0 radical (unpaired) electrons. The van der Waals surface area contributed by atoms with Gasteiger partial charge >= 0.3 is 0 Å². The van der Waals surface area contributed by atoms with E-state index in [9.17, 15) is 9.18 Å². The number of likely N-dealkylation sites (tertiary alicyclic amines) is 1. The van der Waals surface area contributed by atoms with Crippen LogP contribution in [0.25, 0.3) is 5.57 Å². The van der Waals surface area contributed by atoms with E-state index in [1.807, 2.05) is 6.08 Å². The van der Waals surface area contributed by atoms with E-state index in [4.69, 9.17) is 0 Å². The van der Waals surface area contributed by atoms with Gasteiger partial charge in [0.05, 0.1) is 0 Å². The Morgan fingerprint density at radius 1 is 0.962 bits per heavy atom. The Balaban J connectivity index is 1.69. The SMILES string of the molecule is O=C(/C=C/C1=C(N2CCCC2)CCc2ccccc21)c1ccc(F)cc1. The van der Waals surface area contributed by atoms with E-state index in [2.05, 4.69) is 29.2 Å². The van der Waals surface area contributed by atoms with Gasteiger partial charge in [0.1, 0.15) is 5.82 Å². The highest BCUT2D eigenvalue weighted by Gasteiger charge is 2.23. The summed E-state index contributed by atoms with van der Waals surface area (Å²) in [6, 6.07) is 14.2. The van der Waals surface area contributed by atoms with Crippen molar-refractivity contribution >= 4 is 11.4 Å². The first kappa shape index (κ1) is 16.8. The van der Waals surface area contributed by atoms with Crippen LogP contribution in [0.4, 0.5) is 4.39 Å². The lowest BCUT2D eigenvalue weighted by molar-refractivity contribution is 0.104. The van der Waals surface area contributed by atoms with Gasteiger partial charge in [0.15, 0.2) is 5.78 Å². The van der Waals surface area contributed by atoms with Gasteiger partial charge in [-0.3, -0.25) is 4.79 Å². The summed E-state index contributed by atoms with van der Waals surface area (Å²) in [5.74, 6) is -0.424. The maximum Gasteiger partial charge on any atom is 0.185 e. The molecule has 0 spiro atoms. The van der Waals surface area contributed by atoms with Crippen molar-refractivity contribution in [1.29, 1.82) is 0 Å². The molecule has 0 amide bonds. The summed E-state index contributed by atoms with van der Waals surface area (Å²) >= 11 is 0. The molecule has 2 aromatic rings. The average molecular weight is 347 g/mol. The monoisotopic (exact) mass is 347 g/mol. The Morgan fingerprint density at radius 3 is 2.46 bits per heavy atom. The van der Waals surface area contributed by atoms with Crippen molar-refractivity contribution in [3.8, 4) is 0 Å². The minimum atomic E-state index is -0.328. The molecule has 1 aliphatic carbocycles. The van der Waals surface area contributed by atoms with Crippen LogP contribution < -0.4 is 0 Å². The van der Waals surface area contributed by atoms with E-state index in [0.29, 0.717) is 5.56 Å². The molecule has 4 rings (SSSR count). The van der Waals surface area contributed by atoms with Crippen molar-refractivity contribution in [2.24, 2.45) is 0 Å². The zero-order chi connectivity index (χ0) is 17.9. The Bertz CT molecular complexity index is 873. The van der Waals surface area contributed by atoms with Crippen LogP contribution in [0.3, 0.4) is 0 Å². The molecule has 2 aromatic carbocycles. The molecule has 0 unspecified atom stereocenters. The van der Waals surface area contributed by atoms with Gasteiger partial charge < -0.3 is 4.90 Å². The lowest BCUT2D eigenvalue weighted by atomic mass is 9.87. The van der Waals surface area contributed by atoms with Crippen molar-refractivity contribution in [2.75, 3.05) is 13.1 Å². The Kier molecular flexibility index (Phi) is 4.70. The molecule has 1 aliphatic heterocycles. The van der Waals surface area contributed by atoms with Crippen LogP contribution in [0.15, 0.2) is 66.4 Å². The first-order chi connectivity index (χ1) is 12.7. The molecular weight excluding hydrogens is 325 g/mol. The lowest BCUT2D eigenvalue weighted by Crippen LogP contribution is -2.22. The number of halogens is 1. The number of rotatable bonds is 4. The molecule has 0 N–H and O–H groups in total. The summed E-state index contributed by atoms with van der Waals surface area (Å²) in [5.41, 5.74) is 5.58. The largest absolute Gasteiger partial charge is 0.374 e. The predicted molar refractivity (Wildman–Crippen MR) is 102 cm³/mol. The molecule has 0 aromatic heterocycles. The third-order valence-electron chi connectivity index (χ3n) is 5.27. The van der Waals surface area contributed by atoms with Crippen LogP contribution >= 0.6 is 0 Å². The molecule has 2 nitrogen and oxygen atoms in total. The highest BCUT2D eigenvalue weighted by Crippen LogP contribution is 2.35. The second-order valence-corrected chi connectivity index (χ2v) is 6.92. The molecule has 0 bridgehead atoms. The van der Waals surface area contributed by atoms with Crippen molar-refractivity contribution in [3.63, 3.8) is 0 Å². The fraction of sp³-hybridized carbons (Fsp3) is 0.261. The van der Waals surface area contributed by atoms with E-state index in [0.717, 1.165) is 31.5 Å². The van der Waals surface area contributed by atoms with E-state index in [-0.39, 0.29) is 11.6 Å². The number of carbonyl (C=O) groups is 1. The van der Waals surface area contributed by atoms with Crippen molar-refractivity contribution in [2.45, 2.75) is 25.7 Å². The lowest BCUT2D eigenvalue weighted by Gasteiger charge is -2.29. The average Bonchev–Trinajstić information content (AvgIpc) is 3.21. The van der Waals surface area contributed by atoms with E-state index >= 15 is 0 Å². The number of hydrogen-bond acceptors (Lipinski definition) is 2. The second kappa shape index (κ2) is 7.28. The topological polar surface area (TPSA) is 20.3 Å². The standard InChI is InChI=1S/C23H22FNO/c24-19-10-7-18(8-11-19)23(26)14-12-21-20-6-2-1-5-17(20)9-13-22(21)25-15-3-4-16-25/h1-2,5-8,10-12,14H,3-4,9,13,15-16H2/b14-12+. The zero-order valence-electron chi connectivity index (χ0n) is 14.7. The summed E-state index contributed by atoms with van der Waals surface area (Å²) in [7, 11) is 0. The quantitative estimate of drug-likeness (QED) is 0.572. The summed E-state index contributed by atoms with van der Waals surface area (Å²) in [6.07, 6.45) is 8.11. The first-order valence-electron chi connectivity index (χ1n) is 9.27. The molecule has 132 valence electrons. The summed E-state index contributed by atoms with van der Waals surface area (Å²) in [4.78, 5) is 15.0. The number of aryl methyl sites for hydroxylation is 1. The van der Waals surface area contributed by atoms with Crippen molar-refractivity contribution in [1.82, 2.24) is 4.90 Å². The van der Waals surface area contributed by atoms with Gasteiger partial charge in [-0.1, -0.05) is 24.3 Å². The number of fused-ring (bicyclic) bond motifs is 1. The molecule has 0 atom stereocenters. The molecule has 3 heteroatoms. The number of carbonyl (C=O) groups excluding carboxylic acids is 1. The molecule has 26 heavy (non-hydrogen) atoms. The number of hydrogen-bond donors (Lipinski definition) is 0. The Morgan fingerprint density at radius 2 is 1.69 bits per heavy atom. The van der Waals surface area contributed by atoms with Gasteiger partial charge in [-0.2, -0.15) is 0 Å². The Labute approximate surface area is 153 Å². The normalized spacial score (nSPS) is 17.0. The summed E-state index contributed by atoms with van der Waals surface area (Å²) in [5, 5.41) is 0. The Hall–Kier alpha value is -2.68. The van der Waals surface area contributed by atoms with Crippen LogP contribution in [0.2, 0.25) is 0 Å². The molecule has 2 aliphatic rings. The van der Waals surface area contributed by atoms with Gasteiger partial charge in [0.2, 0.25) is 0 Å². The van der Waals surface area contributed by atoms with Crippen LogP contribution in [0.5, 0.6) is 0 Å². The number of benzene rings is 2. The number of ketones is 1. The van der Waals surface area contributed by atoms with E-state index in [1.54, 1.807) is 6.08 Å². The molecule has 1 saturated heterocycles. The van der Waals surface area contributed by atoms with Gasteiger partial charge in [-0.05, 0) is 73.2 Å². The smallest absolute Gasteiger partial charge is 0.185 e. The van der Waals surface area contributed by atoms with Crippen molar-refractivity contribution in [3.05, 3.63) is 88.9 Å². The highest BCUT2D eigenvalue weighted by molar-refractivity contribution is 6.06. The number of nitrogens with zero attached hydrogens (tertiary/aromatic N) is 1. The minimum Gasteiger partial charge on any atom is -0.374 e. The third kappa shape index (κ3) is 3.34. The van der Waals surface area contributed by atoms with Crippen LogP contribution in [0.1, 0.15) is 40.7 Å². The van der Waals surface area contributed by atoms with Crippen molar-refractivity contribution < 1.29 is 9.18 Å².